The van der Waals surface area contributed by atoms with Crippen molar-refractivity contribution < 1.29 is 9.53 Å². The van der Waals surface area contributed by atoms with Crippen LogP contribution in [-0.2, 0) is 6.61 Å². The van der Waals surface area contributed by atoms with Crippen molar-refractivity contribution in [1.29, 1.82) is 0 Å². The highest BCUT2D eigenvalue weighted by atomic mass is 32.1. The maximum Gasteiger partial charge on any atom is 0.251 e. The Bertz CT molecular complexity index is 820. The van der Waals surface area contributed by atoms with Crippen LogP contribution in [0.5, 0.6) is 5.75 Å². The molecule has 2 aromatic carbocycles. The van der Waals surface area contributed by atoms with E-state index in [9.17, 15) is 4.79 Å². The smallest absolute Gasteiger partial charge is 0.251 e. The van der Waals surface area contributed by atoms with Crippen LogP contribution in [-0.4, -0.2) is 31.0 Å². The SMILES string of the molecule is CN(CCCNC(=O)c1ccc(OCc2cscn2)cc1)c1ccccc1. The number of nitrogens with zero attached hydrogens (tertiary/aromatic N) is 2. The number of rotatable bonds is 9. The van der Waals surface area contributed by atoms with E-state index in [1.165, 1.54) is 5.69 Å². The van der Waals surface area contributed by atoms with Gasteiger partial charge in [0, 0.05) is 36.8 Å². The lowest BCUT2D eigenvalue weighted by atomic mass is 10.2. The molecule has 3 aromatic rings. The van der Waals surface area contributed by atoms with Gasteiger partial charge in [-0.1, -0.05) is 18.2 Å². The van der Waals surface area contributed by atoms with E-state index in [4.69, 9.17) is 4.74 Å². The van der Waals surface area contributed by atoms with Gasteiger partial charge in [-0.3, -0.25) is 4.79 Å². The monoisotopic (exact) mass is 381 g/mol. The highest BCUT2D eigenvalue weighted by Crippen LogP contribution is 2.14. The van der Waals surface area contributed by atoms with Crippen molar-refractivity contribution in [2.45, 2.75) is 13.0 Å². The van der Waals surface area contributed by atoms with Gasteiger partial charge in [-0.15, -0.1) is 11.3 Å². The Labute approximate surface area is 163 Å². The van der Waals surface area contributed by atoms with Crippen molar-refractivity contribution in [2.24, 2.45) is 0 Å². The molecule has 27 heavy (non-hydrogen) atoms. The molecular formula is C21H23N3O2S. The predicted octanol–water partition coefficient (Wildman–Crippen LogP) is 3.98. The largest absolute Gasteiger partial charge is 0.487 e. The molecule has 1 N–H and O–H groups in total. The number of nitrogens with one attached hydrogen (secondary N) is 1. The standard InChI is InChI=1S/C21H23N3O2S/c1-24(19-6-3-2-4-7-19)13-5-12-22-21(25)17-8-10-20(11-9-17)26-14-18-15-27-16-23-18/h2-4,6-11,15-16H,5,12-14H2,1H3,(H,22,25). The van der Waals surface area contributed by atoms with Crippen LogP contribution in [0, 0.1) is 0 Å². The summed E-state index contributed by atoms with van der Waals surface area (Å²) in [6.07, 6.45) is 0.881. The molecule has 1 aromatic heterocycles. The van der Waals surface area contributed by atoms with Gasteiger partial charge in [0.25, 0.3) is 5.91 Å². The quantitative estimate of drug-likeness (QED) is 0.570. The zero-order valence-corrected chi connectivity index (χ0v) is 16.1. The fraction of sp³-hybridized carbons (Fsp3) is 0.238. The normalized spacial score (nSPS) is 10.4. The van der Waals surface area contributed by atoms with E-state index in [1.54, 1.807) is 29.0 Å². The molecule has 3 rings (SSSR count). The Hall–Kier alpha value is -2.86. The summed E-state index contributed by atoms with van der Waals surface area (Å²) in [5.41, 5.74) is 4.50. The second-order valence-corrected chi connectivity index (χ2v) is 6.88. The minimum atomic E-state index is -0.0663. The number of anilines is 1. The highest BCUT2D eigenvalue weighted by Gasteiger charge is 2.06. The molecule has 0 unspecified atom stereocenters. The second kappa shape index (κ2) is 9.73. The first-order valence-electron chi connectivity index (χ1n) is 8.87. The van der Waals surface area contributed by atoms with E-state index in [2.05, 4.69) is 34.4 Å². The second-order valence-electron chi connectivity index (χ2n) is 6.16. The molecule has 0 aliphatic carbocycles. The van der Waals surface area contributed by atoms with Gasteiger partial charge in [-0.2, -0.15) is 0 Å². The van der Waals surface area contributed by atoms with Gasteiger partial charge in [0.15, 0.2) is 0 Å². The maximum absolute atomic E-state index is 12.2. The van der Waals surface area contributed by atoms with Crippen LogP contribution in [0.15, 0.2) is 65.5 Å². The average Bonchev–Trinajstić information content (AvgIpc) is 3.24. The Morgan fingerprint density at radius 1 is 1.15 bits per heavy atom. The first kappa shape index (κ1) is 18.9. The third-order valence-corrected chi connectivity index (χ3v) is 4.77. The number of benzene rings is 2. The van der Waals surface area contributed by atoms with Crippen LogP contribution >= 0.6 is 11.3 Å². The van der Waals surface area contributed by atoms with Gasteiger partial charge in [0.1, 0.15) is 12.4 Å². The first-order valence-corrected chi connectivity index (χ1v) is 9.81. The van der Waals surface area contributed by atoms with E-state index in [-0.39, 0.29) is 5.91 Å². The Morgan fingerprint density at radius 2 is 1.93 bits per heavy atom. The van der Waals surface area contributed by atoms with Crippen LogP contribution in [0.2, 0.25) is 0 Å². The van der Waals surface area contributed by atoms with E-state index >= 15 is 0 Å². The van der Waals surface area contributed by atoms with Crippen molar-refractivity contribution in [1.82, 2.24) is 10.3 Å². The van der Waals surface area contributed by atoms with Crippen LogP contribution in [0.1, 0.15) is 22.5 Å². The predicted molar refractivity (Wildman–Crippen MR) is 110 cm³/mol. The summed E-state index contributed by atoms with van der Waals surface area (Å²) in [5.74, 6) is 0.660. The van der Waals surface area contributed by atoms with Gasteiger partial charge < -0.3 is 15.0 Å². The van der Waals surface area contributed by atoms with E-state index < -0.39 is 0 Å². The zero-order valence-electron chi connectivity index (χ0n) is 15.3. The summed E-state index contributed by atoms with van der Waals surface area (Å²) in [6.45, 7) is 1.95. The number of carbonyl (C=O) groups excluding carboxylic acids is 1. The molecule has 0 saturated carbocycles. The molecule has 0 fully saturated rings. The molecule has 6 heteroatoms. The number of aromatic nitrogens is 1. The molecular weight excluding hydrogens is 358 g/mol. The lowest BCUT2D eigenvalue weighted by molar-refractivity contribution is 0.0953. The third kappa shape index (κ3) is 5.82. The first-order chi connectivity index (χ1) is 13.2. The molecule has 1 amide bonds. The number of amides is 1. The van der Waals surface area contributed by atoms with Crippen molar-refractivity contribution in [3.05, 3.63) is 76.7 Å². The summed E-state index contributed by atoms with van der Waals surface area (Å²) in [7, 11) is 2.06. The molecule has 1 heterocycles. The topological polar surface area (TPSA) is 54.5 Å². The Balaban J connectivity index is 1.39. The van der Waals surface area contributed by atoms with Crippen molar-refractivity contribution in [3.8, 4) is 5.75 Å². The molecule has 0 radical (unpaired) electrons. The molecule has 0 aliphatic heterocycles. The minimum absolute atomic E-state index is 0.0663. The van der Waals surface area contributed by atoms with Crippen LogP contribution in [0.25, 0.3) is 0 Å². The molecule has 0 aliphatic rings. The van der Waals surface area contributed by atoms with Crippen LogP contribution in [0.3, 0.4) is 0 Å². The van der Waals surface area contributed by atoms with Crippen molar-refractivity contribution in [2.75, 3.05) is 25.0 Å². The van der Waals surface area contributed by atoms with E-state index in [0.29, 0.717) is 18.7 Å². The number of thiazole rings is 1. The fourth-order valence-corrected chi connectivity index (χ4v) is 3.14. The summed E-state index contributed by atoms with van der Waals surface area (Å²) in [6, 6.07) is 17.4. The molecule has 0 atom stereocenters. The third-order valence-electron chi connectivity index (χ3n) is 4.14. The number of hydrogen-bond donors (Lipinski definition) is 1. The van der Waals surface area contributed by atoms with Gasteiger partial charge in [-0.25, -0.2) is 4.98 Å². The summed E-state index contributed by atoms with van der Waals surface area (Å²) in [5, 5.41) is 4.92. The maximum atomic E-state index is 12.2. The van der Waals surface area contributed by atoms with E-state index in [0.717, 1.165) is 24.4 Å². The Kier molecular flexibility index (Phi) is 6.82. The lowest BCUT2D eigenvalue weighted by Gasteiger charge is -2.19. The number of hydrogen-bond acceptors (Lipinski definition) is 5. The van der Waals surface area contributed by atoms with E-state index in [1.807, 2.05) is 35.7 Å². The number of para-hydroxylation sites is 1. The summed E-state index contributed by atoms with van der Waals surface area (Å²) < 4.78 is 5.66. The molecule has 5 nitrogen and oxygen atoms in total. The lowest BCUT2D eigenvalue weighted by Crippen LogP contribution is -2.28. The van der Waals surface area contributed by atoms with Gasteiger partial charge in [-0.05, 0) is 42.8 Å². The molecule has 0 saturated heterocycles. The summed E-state index contributed by atoms with van der Waals surface area (Å²) >= 11 is 1.54. The molecule has 140 valence electrons. The van der Waals surface area contributed by atoms with Crippen LogP contribution in [0.4, 0.5) is 5.69 Å². The molecule has 0 bridgehead atoms. The van der Waals surface area contributed by atoms with Gasteiger partial charge in [0.2, 0.25) is 0 Å². The summed E-state index contributed by atoms with van der Waals surface area (Å²) in [4.78, 5) is 18.6. The van der Waals surface area contributed by atoms with Gasteiger partial charge in [0.05, 0.1) is 11.2 Å². The van der Waals surface area contributed by atoms with Crippen LogP contribution < -0.4 is 15.0 Å². The number of ether oxygens (including phenoxy) is 1. The molecule has 0 spiro atoms. The number of carbonyl (C=O) groups is 1. The van der Waals surface area contributed by atoms with Gasteiger partial charge >= 0.3 is 0 Å². The van der Waals surface area contributed by atoms with Crippen molar-refractivity contribution in [3.63, 3.8) is 0 Å². The Morgan fingerprint density at radius 3 is 2.63 bits per heavy atom. The minimum Gasteiger partial charge on any atom is -0.487 e. The van der Waals surface area contributed by atoms with Crippen molar-refractivity contribution >= 4 is 22.9 Å². The zero-order chi connectivity index (χ0) is 18.9. The fourth-order valence-electron chi connectivity index (χ4n) is 2.60. The highest BCUT2D eigenvalue weighted by molar-refractivity contribution is 7.07. The average molecular weight is 382 g/mol.